The number of nitrogens with zero attached hydrogens (tertiary/aromatic N) is 6. The van der Waals surface area contributed by atoms with E-state index in [0.29, 0.717) is 11.3 Å². The Morgan fingerprint density at radius 3 is 2.69 bits per heavy atom. The molecule has 15 nitrogen and oxygen atoms in total. The number of esters is 2. The van der Waals surface area contributed by atoms with E-state index in [1.54, 1.807) is 38.3 Å². The van der Waals surface area contributed by atoms with E-state index in [4.69, 9.17) is 15.2 Å². The number of oxime groups is 1. The van der Waals surface area contributed by atoms with Crippen LogP contribution in [0.5, 0.6) is 0 Å². The first-order valence-corrected chi connectivity index (χ1v) is 13.8. The largest absolute Gasteiger partial charge is 0.427 e. The summed E-state index contributed by atoms with van der Waals surface area (Å²) in [6.45, 7) is 4.31. The highest BCUT2D eigenvalue weighted by atomic mass is 32.2. The Hall–Kier alpha value is -3.90. The van der Waals surface area contributed by atoms with Crippen molar-refractivity contribution in [2.24, 2.45) is 10.6 Å². The molecule has 4 rings (SSSR count). The molecule has 2 aromatic rings. The second kappa shape index (κ2) is 11.5. The van der Waals surface area contributed by atoms with Crippen LogP contribution in [0.2, 0.25) is 0 Å². The maximum absolute atomic E-state index is 13.2. The van der Waals surface area contributed by atoms with Gasteiger partial charge in [-0.15, -0.1) is 16.9 Å². The predicted molar refractivity (Wildman–Crippen MR) is 140 cm³/mol. The molecule has 2 unspecified atom stereocenters. The third kappa shape index (κ3) is 6.07. The predicted octanol–water partition coefficient (Wildman–Crippen LogP) is 0.608. The lowest BCUT2D eigenvalue weighted by atomic mass is 9.98. The molecule has 2 atom stereocenters. The molecule has 18 heteroatoms. The summed E-state index contributed by atoms with van der Waals surface area (Å²) in [4.78, 5) is 56.0. The quantitative estimate of drug-likeness (QED) is 0.0955. The molecule has 39 heavy (non-hydrogen) atoms. The smallest absolute Gasteiger partial charge is 0.358 e. The van der Waals surface area contributed by atoms with Gasteiger partial charge in [-0.05, 0) is 44.0 Å². The molecule has 2 amide bonds. The van der Waals surface area contributed by atoms with E-state index in [1.165, 1.54) is 16.7 Å². The summed E-state index contributed by atoms with van der Waals surface area (Å²) in [5.41, 5.74) is 5.15. The number of nitrogens with one attached hydrogen (secondary N) is 1. The van der Waals surface area contributed by atoms with Crippen LogP contribution >= 0.6 is 34.8 Å². The summed E-state index contributed by atoms with van der Waals surface area (Å²) in [7, 11) is 0. The molecule has 2 aliphatic rings. The standard InChI is InChI=1S/C21H22N8O7S3/c1-21(2,3)19(33)36-8-35-18(32)13-9(4-5-10-7-38-28-25-10)6-37-17-12(16(31)29(13)17)23-15(30)11(26-34)14-24-20(22)39-27-14/h4-5,7,12,17,34H,6,8H2,1-3H3,(H,23,30)(H2,22,24,27)/b5-4-,26-11+. The highest BCUT2D eigenvalue weighted by Gasteiger charge is 2.54. The molecular formula is C21H22N8O7S3. The van der Waals surface area contributed by atoms with Gasteiger partial charge in [0, 0.05) is 22.7 Å². The summed E-state index contributed by atoms with van der Waals surface area (Å²) in [5.74, 6) is -2.91. The second-order valence-corrected chi connectivity index (χ2v) is 11.5. The summed E-state index contributed by atoms with van der Waals surface area (Å²) < 4.78 is 17.8. The first-order valence-electron chi connectivity index (χ1n) is 11.1. The second-order valence-electron chi connectivity index (χ2n) is 9.03. The molecule has 4 N–H and O–H groups in total. The first kappa shape index (κ1) is 28.1. The number of thioether (sulfide) groups is 1. The van der Waals surface area contributed by atoms with Crippen molar-refractivity contribution in [3.05, 3.63) is 34.2 Å². The fourth-order valence-electron chi connectivity index (χ4n) is 3.34. The number of rotatable bonds is 8. The van der Waals surface area contributed by atoms with Gasteiger partial charge in [-0.3, -0.25) is 19.3 Å². The Bertz CT molecular complexity index is 1380. The number of nitrogens with two attached hydrogens (primary N) is 1. The van der Waals surface area contributed by atoms with Crippen LogP contribution in [0, 0.1) is 5.41 Å². The molecule has 0 spiro atoms. The number of ether oxygens (including phenoxy) is 2. The van der Waals surface area contributed by atoms with E-state index >= 15 is 0 Å². The number of amides is 2. The van der Waals surface area contributed by atoms with E-state index in [9.17, 15) is 24.4 Å². The van der Waals surface area contributed by atoms with Crippen molar-refractivity contribution in [3.63, 3.8) is 0 Å². The van der Waals surface area contributed by atoms with Crippen molar-refractivity contribution in [2.75, 3.05) is 18.3 Å². The number of fused-ring (bicyclic) bond motifs is 1. The third-order valence-electron chi connectivity index (χ3n) is 5.27. The van der Waals surface area contributed by atoms with E-state index in [0.717, 1.165) is 23.1 Å². The van der Waals surface area contributed by atoms with E-state index in [2.05, 4.69) is 29.4 Å². The zero-order valence-corrected chi connectivity index (χ0v) is 23.1. The van der Waals surface area contributed by atoms with E-state index in [1.807, 2.05) is 0 Å². The van der Waals surface area contributed by atoms with Crippen LogP contribution in [-0.2, 0) is 28.7 Å². The average Bonchev–Trinajstić information content (AvgIpc) is 3.57. The zero-order valence-electron chi connectivity index (χ0n) is 20.7. The summed E-state index contributed by atoms with van der Waals surface area (Å²) >= 11 is 3.24. The molecule has 0 aliphatic carbocycles. The number of anilines is 1. The van der Waals surface area contributed by atoms with Gasteiger partial charge in [-0.25, -0.2) is 4.79 Å². The molecular weight excluding hydrogens is 572 g/mol. The number of hydrogen-bond acceptors (Lipinski definition) is 16. The van der Waals surface area contributed by atoms with Gasteiger partial charge in [-0.1, -0.05) is 15.7 Å². The van der Waals surface area contributed by atoms with Gasteiger partial charge in [0.05, 0.1) is 11.1 Å². The van der Waals surface area contributed by atoms with Crippen LogP contribution in [0.25, 0.3) is 6.08 Å². The Kier molecular flexibility index (Phi) is 8.26. The zero-order chi connectivity index (χ0) is 28.3. The fraction of sp³-hybridized carbons (Fsp3) is 0.381. The number of aromatic nitrogens is 4. The highest BCUT2D eigenvalue weighted by Crippen LogP contribution is 2.41. The monoisotopic (exact) mass is 594 g/mol. The molecule has 2 aromatic heterocycles. The Balaban J connectivity index is 1.52. The molecule has 2 aliphatic heterocycles. The Labute approximate surface area is 233 Å². The van der Waals surface area contributed by atoms with Crippen molar-refractivity contribution in [3.8, 4) is 0 Å². The van der Waals surface area contributed by atoms with Gasteiger partial charge in [0.25, 0.3) is 11.8 Å². The van der Waals surface area contributed by atoms with Crippen LogP contribution in [0.4, 0.5) is 5.13 Å². The normalized spacial score (nSPS) is 19.5. The first-order chi connectivity index (χ1) is 18.5. The number of carbonyl (C=O) groups excluding carboxylic acids is 4. The van der Waals surface area contributed by atoms with Crippen LogP contribution < -0.4 is 11.1 Å². The van der Waals surface area contributed by atoms with Gasteiger partial charge >= 0.3 is 11.9 Å². The van der Waals surface area contributed by atoms with Crippen molar-refractivity contribution in [1.82, 2.24) is 29.2 Å². The van der Waals surface area contributed by atoms with E-state index < -0.39 is 53.1 Å². The Morgan fingerprint density at radius 2 is 2.08 bits per heavy atom. The number of hydrogen-bond donors (Lipinski definition) is 3. The number of nitrogen functional groups attached to an aromatic ring is 1. The number of carbonyl (C=O) groups is 4. The fourth-order valence-corrected chi connectivity index (χ4v) is 5.52. The number of allylic oxidation sites excluding steroid dienone is 1. The van der Waals surface area contributed by atoms with Gasteiger partial charge in [-0.2, -0.15) is 9.36 Å². The topological polar surface area (TPSA) is 212 Å². The molecule has 4 heterocycles. The SMILES string of the molecule is CC(C)(C)C(=O)OCOC(=O)C1=C(/C=C\c2csnn2)CSC2C(NC(=O)/C(=N/O)c3nsc(N)n3)C(=O)N12. The van der Waals surface area contributed by atoms with Gasteiger partial charge < -0.3 is 25.7 Å². The lowest BCUT2D eigenvalue weighted by Crippen LogP contribution is -2.71. The molecule has 1 saturated heterocycles. The molecule has 0 aromatic carbocycles. The summed E-state index contributed by atoms with van der Waals surface area (Å²) in [6, 6.07) is -1.05. The van der Waals surface area contributed by atoms with Crippen molar-refractivity contribution in [2.45, 2.75) is 32.2 Å². The van der Waals surface area contributed by atoms with Crippen LogP contribution in [-0.4, -0.2) is 82.5 Å². The number of β-lactam (4-membered cyclic amide) rings is 1. The minimum atomic E-state index is -1.05. The highest BCUT2D eigenvalue weighted by molar-refractivity contribution is 8.00. The average molecular weight is 595 g/mol. The Morgan fingerprint density at radius 1 is 1.31 bits per heavy atom. The summed E-state index contributed by atoms with van der Waals surface area (Å²) in [6.07, 6.45) is 3.25. The van der Waals surface area contributed by atoms with E-state index in [-0.39, 0.29) is 22.4 Å². The molecule has 0 radical (unpaired) electrons. The molecule has 1 fully saturated rings. The van der Waals surface area contributed by atoms with Crippen LogP contribution in [0.1, 0.15) is 32.3 Å². The summed E-state index contributed by atoms with van der Waals surface area (Å²) in [5, 5.41) is 19.7. The van der Waals surface area contributed by atoms with Gasteiger partial charge in [0.2, 0.25) is 18.3 Å². The molecule has 206 valence electrons. The van der Waals surface area contributed by atoms with Crippen LogP contribution in [0.3, 0.4) is 0 Å². The van der Waals surface area contributed by atoms with Gasteiger partial charge in [0.1, 0.15) is 17.1 Å². The molecule has 0 bridgehead atoms. The minimum Gasteiger partial charge on any atom is -0.427 e. The molecule has 0 saturated carbocycles. The van der Waals surface area contributed by atoms with Crippen molar-refractivity contribution in [1.29, 1.82) is 0 Å². The lowest BCUT2D eigenvalue weighted by molar-refractivity contribution is -0.173. The van der Waals surface area contributed by atoms with Crippen molar-refractivity contribution >= 4 is 75.5 Å². The lowest BCUT2D eigenvalue weighted by Gasteiger charge is -2.49. The van der Waals surface area contributed by atoms with Crippen LogP contribution in [0.15, 0.2) is 27.9 Å². The third-order valence-corrected chi connectivity index (χ3v) is 7.64. The maximum Gasteiger partial charge on any atom is 0.358 e. The maximum atomic E-state index is 13.2. The van der Waals surface area contributed by atoms with Gasteiger partial charge in [0.15, 0.2) is 5.13 Å². The minimum absolute atomic E-state index is 0.0585. The van der Waals surface area contributed by atoms with Crippen molar-refractivity contribution < 1.29 is 33.9 Å².